The molecule has 0 aliphatic carbocycles. The van der Waals surface area contributed by atoms with Crippen LogP contribution in [0, 0.1) is 11.3 Å². The number of fused-ring (bicyclic) bond motifs is 1. The van der Waals surface area contributed by atoms with Crippen LogP contribution in [0.25, 0.3) is 17.0 Å². The smallest absolute Gasteiger partial charge is 0.134 e. The van der Waals surface area contributed by atoms with Gasteiger partial charge in [-0.15, -0.1) is 0 Å². The summed E-state index contributed by atoms with van der Waals surface area (Å²) < 4.78 is 5.92. The van der Waals surface area contributed by atoms with Gasteiger partial charge in [-0.2, -0.15) is 5.26 Å². The summed E-state index contributed by atoms with van der Waals surface area (Å²) in [5.41, 5.74) is 3.31. The largest absolute Gasteiger partial charge is 0.461 e. The molecule has 0 fully saturated rings. The van der Waals surface area contributed by atoms with Crippen molar-refractivity contribution in [3.8, 4) is 6.07 Å². The minimum Gasteiger partial charge on any atom is -0.461 e. The molecule has 0 amide bonds. The zero-order chi connectivity index (χ0) is 15.9. The number of hydrogen-bond donors (Lipinski definition) is 0. The van der Waals surface area contributed by atoms with Crippen LogP contribution < -0.4 is 0 Å². The van der Waals surface area contributed by atoms with Crippen molar-refractivity contribution in [2.24, 2.45) is 0 Å². The zero-order valence-electron chi connectivity index (χ0n) is 13.0. The lowest BCUT2D eigenvalue weighted by molar-refractivity contribution is 0.532. The molecule has 3 aromatic rings. The third-order valence-electron chi connectivity index (χ3n) is 3.97. The quantitative estimate of drug-likeness (QED) is 0.443. The van der Waals surface area contributed by atoms with E-state index in [1.54, 1.807) is 0 Å². The lowest BCUT2D eigenvalue weighted by atomic mass is 10.1. The molecule has 1 heterocycles. The first-order valence-electron chi connectivity index (χ1n) is 7.98. The van der Waals surface area contributed by atoms with Crippen LogP contribution in [-0.4, -0.2) is 0 Å². The highest BCUT2D eigenvalue weighted by Crippen LogP contribution is 2.25. The predicted molar refractivity (Wildman–Crippen MR) is 93.9 cm³/mol. The second-order valence-corrected chi connectivity index (χ2v) is 5.63. The fraction of sp³-hybridized carbons (Fsp3) is 0.190. The molecule has 2 nitrogen and oxygen atoms in total. The molecular weight excluding hydrogens is 282 g/mol. The lowest BCUT2D eigenvalue weighted by Gasteiger charge is -2.00. The summed E-state index contributed by atoms with van der Waals surface area (Å²) in [6.45, 7) is 0. The van der Waals surface area contributed by atoms with Gasteiger partial charge in [-0.25, -0.2) is 0 Å². The van der Waals surface area contributed by atoms with Gasteiger partial charge in [0, 0.05) is 17.9 Å². The summed E-state index contributed by atoms with van der Waals surface area (Å²) in [6.07, 6.45) is 7.65. The molecule has 2 heteroatoms. The summed E-state index contributed by atoms with van der Waals surface area (Å²) in [5, 5.41) is 9.76. The Morgan fingerprint density at radius 2 is 1.78 bits per heavy atom. The molecule has 0 spiro atoms. The molecule has 0 saturated heterocycles. The van der Waals surface area contributed by atoms with E-state index in [4.69, 9.17) is 9.68 Å². The highest BCUT2D eigenvalue weighted by Gasteiger charge is 2.06. The Morgan fingerprint density at radius 1 is 0.957 bits per heavy atom. The molecule has 0 unspecified atom stereocenters. The van der Waals surface area contributed by atoms with Gasteiger partial charge in [0.15, 0.2) is 0 Å². The summed E-state index contributed by atoms with van der Waals surface area (Å²) in [5.74, 6) is 1.02. The highest BCUT2D eigenvalue weighted by molar-refractivity contribution is 5.87. The summed E-state index contributed by atoms with van der Waals surface area (Å²) in [7, 11) is 0. The van der Waals surface area contributed by atoms with Gasteiger partial charge in [0.05, 0.1) is 6.07 Å². The van der Waals surface area contributed by atoms with Crippen LogP contribution in [0.2, 0.25) is 0 Å². The van der Waals surface area contributed by atoms with Crippen molar-refractivity contribution in [3.05, 3.63) is 77.6 Å². The normalized spacial score (nSPS) is 11.1. The van der Waals surface area contributed by atoms with Gasteiger partial charge in [-0.1, -0.05) is 42.5 Å². The fourth-order valence-electron chi connectivity index (χ4n) is 2.80. The molecule has 2 aromatic carbocycles. The average molecular weight is 301 g/mol. The minimum atomic E-state index is 0.892. The SMILES string of the molecule is N#C/C=C/c1cccc2oc(CCCCc3ccccc3)cc12. The Bertz CT molecular complexity index is 837. The summed E-state index contributed by atoms with van der Waals surface area (Å²) in [4.78, 5) is 0. The van der Waals surface area contributed by atoms with E-state index < -0.39 is 0 Å². The molecule has 0 bridgehead atoms. The second-order valence-electron chi connectivity index (χ2n) is 5.63. The maximum Gasteiger partial charge on any atom is 0.134 e. The Kier molecular flexibility index (Phi) is 4.91. The number of allylic oxidation sites excluding steroid dienone is 1. The number of rotatable bonds is 6. The maximum atomic E-state index is 8.68. The van der Waals surface area contributed by atoms with Crippen molar-refractivity contribution in [1.82, 2.24) is 0 Å². The molecule has 0 aliphatic heterocycles. The van der Waals surface area contributed by atoms with Crippen LogP contribution in [0.5, 0.6) is 0 Å². The predicted octanol–water partition coefficient (Wildman–Crippen LogP) is 5.53. The highest BCUT2D eigenvalue weighted by atomic mass is 16.3. The molecule has 23 heavy (non-hydrogen) atoms. The Balaban J connectivity index is 1.62. The number of furan rings is 1. The number of nitrogens with zero attached hydrogens (tertiary/aromatic N) is 1. The summed E-state index contributed by atoms with van der Waals surface area (Å²) >= 11 is 0. The standard InChI is InChI=1S/C21H19NO/c22-15-7-12-18-11-6-14-21-20(18)16-19(23-21)13-5-4-10-17-8-2-1-3-9-17/h1-3,6-9,11-12,14,16H,4-5,10,13H2/b12-7+. The third-order valence-corrected chi connectivity index (χ3v) is 3.97. The van der Waals surface area contributed by atoms with Crippen molar-refractivity contribution >= 4 is 17.0 Å². The van der Waals surface area contributed by atoms with Crippen LogP contribution >= 0.6 is 0 Å². The van der Waals surface area contributed by atoms with Crippen molar-refractivity contribution in [3.63, 3.8) is 0 Å². The van der Waals surface area contributed by atoms with Crippen molar-refractivity contribution in [1.29, 1.82) is 5.26 Å². The fourth-order valence-corrected chi connectivity index (χ4v) is 2.80. The topological polar surface area (TPSA) is 36.9 Å². The number of aryl methyl sites for hydroxylation is 2. The molecule has 0 aliphatic rings. The van der Waals surface area contributed by atoms with E-state index >= 15 is 0 Å². The zero-order valence-corrected chi connectivity index (χ0v) is 13.0. The van der Waals surface area contributed by atoms with Gasteiger partial charge in [-0.05, 0) is 48.6 Å². The Morgan fingerprint density at radius 3 is 2.61 bits per heavy atom. The number of nitriles is 1. The Labute approximate surface area is 136 Å². The van der Waals surface area contributed by atoms with Crippen LogP contribution in [0.15, 0.2) is 65.1 Å². The van der Waals surface area contributed by atoms with Crippen LogP contribution in [-0.2, 0) is 12.8 Å². The Hall–Kier alpha value is -2.79. The molecular formula is C21H19NO. The molecule has 1 aromatic heterocycles. The molecule has 0 N–H and O–H groups in total. The number of benzene rings is 2. The van der Waals surface area contributed by atoms with Crippen molar-refractivity contribution < 1.29 is 4.42 Å². The first-order valence-corrected chi connectivity index (χ1v) is 7.98. The van der Waals surface area contributed by atoms with Crippen LogP contribution in [0.4, 0.5) is 0 Å². The summed E-state index contributed by atoms with van der Waals surface area (Å²) in [6, 6.07) is 20.7. The first-order chi connectivity index (χ1) is 11.4. The molecule has 3 rings (SSSR count). The minimum absolute atomic E-state index is 0.892. The lowest BCUT2D eigenvalue weighted by Crippen LogP contribution is -1.87. The van der Waals surface area contributed by atoms with Gasteiger partial charge in [-0.3, -0.25) is 0 Å². The van der Waals surface area contributed by atoms with Crippen molar-refractivity contribution in [2.75, 3.05) is 0 Å². The van der Waals surface area contributed by atoms with E-state index in [9.17, 15) is 0 Å². The van der Waals surface area contributed by atoms with E-state index in [1.165, 1.54) is 11.6 Å². The van der Waals surface area contributed by atoms with Gasteiger partial charge in [0.25, 0.3) is 0 Å². The first kappa shape index (κ1) is 15.1. The van der Waals surface area contributed by atoms with E-state index in [2.05, 4.69) is 36.4 Å². The van der Waals surface area contributed by atoms with E-state index in [0.717, 1.165) is 48.0 Å². The van der Waals surface area contributed by atoms with E-state index in [0.29, 0.717) is 0 Å². The average Bonchev–Trinajstić information content (AvgIpc) is 3.01. The molecule has 0 atom stereocenters. The number of unbranched alkanes of at least 4 members (excludes halogenated alkanes) is 1. The molecule has 0 saturated carbocycles. The maximum absolute atomic E-state index is 8.68. The van der Waals surface area contributed by atoms with E-state index in [1.807, 2.05) is 30.3 Å². The van der Waals surface area contributed by atoms with Crippen LogP contribution in [0.1, 0.15) is 29.7 Å². The van der Waals surface area contributed by atoms with Gasteiger partial charge < -0.3 is 4.42 Å². The number of hydrogen-bond acceptors (Lipinski definition) is 2. The van der Waals surface area contributed by atoms with Crippen molar-refractivity contribution in [2.45, 2.75) is 25.7 Å². The van der Waals surface area contributed by atoms with Crippen LogP contribution in [0.3, 0.4) is 0 Å². The second kappa shape index (κ2) is 7.47. The van der Waals surface area contributed by atoms with Gasteiger partial charge in [0.2, 0.25) is 0 Å². The van der Waals surface area contributed by atoms with Gasteiger partial charge in [0.1, 0.15) is 11.3 Å². The molecule has 114 valence electrons. The van der Waals surface area contributed by atoms with E-state index in [-0.39, 0.29) is 0 Å². The third kappa shape index (κ3) is 3.90. The van der Waals surface area contributed by atoms with Gasteiger partial charge >= 0.3 is 0 Å². The monoisotopic (exact) mass is 301 g/mol. The molecule has 0 radical (unpaired) electrons.